The van der Waals surface area contributed by atoms with E-state index in [2.05, 4.69) is 30.9 Å². The van der Waals surface area contributed by atoms with Crippen LogP contribution in [-0.2, 0) is 23.9 Å². The number of hydrogen-bond acceptors (Lipinski definition) is 10. The second-order valence-electron chi connectivity index (χ2n) is 14.6. The normalized spacial score (nSPS) is 17.6. The van der Waals surface area contributed by atoms with Crippen LogP contribution in [0.2, 0.25) is 0 Å². The van der Waals surface area contributed by atoms with Gasteiger partial charge in [-0.3, -0.25) is 18.8 Å². The summed E-state index contributed by atoms with van der Waals surface area (Å²) in [6.07, 6.45) is 6.84. The smallest absolute Gasteiger partial charge is 0.408 e. The summed E-state index contributed by atoms with van der Waals surface area (Å²) in [7, 11) is 1.28. The number of aromatic amines is 1. The summed E-state index contributed by atoms with van der Waals surface area (Å²) in [6, 6.07) is 14.3. The highest BCUT2D eigenvalue weighted by molar-refractivity contribution is 7.20. The predicted molar refractivity (Wildman–Crippen MR) is 217 cm³/mol. The summed E-state index contributed by atoms with van der Waals surface area (Å²) in [5.41, 5.74) is 3.34. The molecule has 5 heterocycles. The van der Waals surface area contributed by atoms with Crippen LogP contribution in [0.4, 0.5) is 15.4 Å². The number of imidazole rings is 2. The van der Waals surface area contributed by atoms with Crippen molar-refractivity contribution in [3.8, 4) is 21.7 Å². The molecule has 4 atom stereocenters. The molecule has 2 fully saturated rings. The monoisotopic (exact) mass is 809 g/mol. The van der Waals surface area contributed by atoms with Crippen molar-refractivity contribution in [2.24, 2.45) is 5.92 Å². The number of H-pyrrole nitrogens is 1. The standard InChI is InChI=1S/C41H47N9O7S/c1-5-57-41(55)47-34(27-11-7-6-8-12-27)38(53)50-20-10-14-30(50)36(51)44-32-23-48-22-31(58-39(48)45-32)26-17-15-25(16-18-26)28-21-42-35(43-28)29-13-9-19-49(29)37(52)33(24(2)3)46-40(54)56-4/h6-8,11-12,15-18,21-24,29-30,33-34H,5,9-10,13-14,19-20H2,1-4H3,(H,42,43)(H,44,51)(H,46,54)(H,47,55)/t29-,30?,33-,34+/m0/s1. The summed E-state index contributed by atoms with van der Waals surface area (Å²) in [4.78, 5) is 82.9. The first-order valence-corrected chi connectivity index (χ1v) is 20.2. The van der Waals surface area contributed by atoms with Crippen LogP contribution in [0, 0.1) is 5.92 Å². The lowest BCUT2D eigenvalue weighted by molar-refractivity contribution is -0.138. The molecule has 0 radical (unpaired) electrons. The minimum atomic E-state index is -1.00. The molecular formula is C41H47N9O7S. The number of thiazole rings is 1. The number of alkyl carbamates (subject to hydrolysis) is 2. The number of benzene rings is 2. The molecule has 2 aliphatic rings. The Balaban J connectivity index is 0.992. The van der Waals surface area contributed by atoms with Crippen LogP contribution < -0.4 is 16.0 Å². The quantitative estimate of drug-likeness (QED) is 0.119. The number of hydrogen-bond donors (Lipinski definition) is 4. The highest BCUT2D eigenvalue weighted by atomic mass is 32.1. The zero-order chi connectivity index (χ0) is 40.9. The van der Waals surface area contributed by atoms with E-state index in [1.807, 2.05) is 54.8 Å². The molecule has 58 heavy (non-hydrogen) atoms. The molecule has 1 unspecified atom stereocenters. The van der Waals surface area contributed by atoms with Gasteiger partial charge in [-0.2, -0.15) is 0 Å². The molecule has 5 amide bonds. The van der Waals surface area contributed by atoms with Crippen molar-refractivity contribution in [3.63, 3.8) is 0 Å². The molecule has 16 nitrogen and oxygen atoms in total. The zero-order valence-corrected chi connectivity index (χ0v) is 33.6. The van der Waals surface area contributed by atoms with Crippen LogP contribution in [0.1, 0.15) is 69.9 Å². The van der Waals surface area contributed by atoms with E-state index in [-0.39, 0.29) is 36.3 Å². The number of rotatable bonds is 12. The number of nitrogens with zero attached hydrogens (tertiary/aromatic N) is 5. The number of amides is 5. The van der Waals surface area contributed by atoms with Crippen molar-refractivity contribution in [1.29, 1.82) is 0 Å². The van der Waals surface area contributed by atoms with E-state index in [9.17, 15) is 24.0 Å². The number of anilines is 1. The van der Waals surface area contributed by atoms with E-state index in [4.69, 9.17) is 9.47 Å². The number of likely N-dealkylation sites (tertiary alicyclic amines) is 2. The summed E-state index contributed by atoms with van der Waals surface area (Å²) in [5.74, 6) is 0.0593. The van der Waals surface area contributed by atoms with E-state index < -0.39 is 30.3 Å². The van der Waals surface area contributed by atoms with E-state index in [1.165, 1.54) is 23.3 Å². The van der Waals surface area contributed by atoms with Gasteiger partial charge in [-0.25, -0.2) is 19.6 Å². The molecule has 17 heteroatoms. The predicted octanol–water partition coefficient (Wildman–Crippen LogP) is 5.91. The second-order valence-corrected chi connectivity index (χ2v) is 15.6. The zero-order valence-electron chi connectivity index (χ0n) is 32.8. The largest absolute Gasteiger partial charge is 0.453 e. The van der Waals surface area contributed by atoms with Gasteiger partial charge in [0, 0.05) is 19.3 Å². The number of nitrogens with one attached hydrogen (secondary N) is 4. The van der Waals surface area contributed by atoms with Gasteiger partial charge in [-0.15, -0.1) is 0 Å². The van der Waals surface area contributed by atoms with Crippen LogP contribution in [0.3, 0.4) is 0 Å². The van der Waals surface area contributed by atoms with Crippen molar-refractivity contribution in [3.05, 3.63) is 84.6 Å². The molecule has 4 N–H and O–H groups in total. The summed E-state index contributed by atoms with van der Waals surface area (Å²) in [5, 5.41) is 8.24. The molecule has 3 aromatic heterocycles. The molecule has 2 aromatic carbocycles. The average molecular weight is 810 g/mol. The van der Waals surface area contributed by atoms with Crippen LogP contribution in [0.15, 0.2) is 73.2 Å². The second kappa shape index (κ2) is 17.5. The Kier molecular flexibility index (Phi) is 12.1. The molecule has 0 saturated carbocycles. The van der Waals surface area contributed by atoms with Gasteiger partial charge in [0.05, 0.1) is 42.7 Å². The fraction of sp³-hybridized carbons (Fsp3) is 0.390. The number of carbonyl (C=O) groups is 5. The fourth-order valence-corrected chi connectivity index (χ4v) is 8.52. The Bertz CT molecular complexity index is 2240. The van der Waals surface area contributed by atoms with Gasteiger partial charge < -0.3 is 40.2 Å². The first kappa shape index (κ1) is 40.0. The first-order valence-electron chi connectivity index (χ1n) is 19.4. The number of ether oxygens (including phenoxy) is 2. The van der Waals surface area contributed by atoms with Crippen molar-refractivity contribution < 1.29 is 33.4 Å². The van der Waals surface area contributed by atoms with Crippen LogP contribution in [-0.4, -0.2) is 98.0 Å². The van der Waals surface area contributed by atoms with Crippen LogP contribution >= 0.6 is 11.3 Å². The maximum Gasteiger partial charge on any atom is 0.408 e. The number of carbonyl (C=O) groups excluding carboxylic acids is 5. The van der Waals surface area contributed by atoms with Crippen molar-refractivity contribution in [1.82, 2.24) is 39.8 Å². The third-order valence-corrected chi connectivity index (χ3v) is 11.5. The fourth-order valence-electron chi connectivity index (χ4n) is 7.55. The van der Waals surface area contributed by atoms with Gasteiger partial charge in [-0.05, 0) is 55.2 Å². The van der Waals surface area contributed by atoms with E-state index >= 15 is 0 Å². The minimum Gasteiger partial charge on any atom is -0.453 e. The summed E-state index contributed by atoms with van der Waals surface area (Å²) < 4.78 is 11.7. The Hall–Kier alpha value is -6.23. The van der Waals surface area contributed by atoms with Gasteiger partial charge in [0.15, 0.2) is 10.8 Å². The summed E-state index contributed by atoms with van der Waals surface area (Å²) >= 11 is 1.47. The molecule has 2 aliphatic heterocycles. The van der Waals surface area contributed by atoms with Crippen molar-refractivity contribution in [2.75, 3.05) is 32.1 Å². The van der Waals surface area contributed by atoms with E-state index in [0.29, 0.717) is 48.1 Å². The molecule has 5 aromatic rings. The molecule has 2 saturated heterocycles. The van der Waals surface area contributed by atoms with Crippen molar-refractivity contribution in [2.45, 2.75) is 70.6 Å². The third-order valence-electron chi connectivity index (χ3n) is 10.5. The van der Waals surface area contributed by atoms with Crippen molar-refractivity contribution >= 4 is 52.0 Å². The molecule has 304 valence electrons. The van der Waals surface area contributed by atoms with E-state index in [0.717, 1.165) is 34.5 Å². The van der Waals surface area contributed by atoms with Gasteiger partial charge >= 0.3 is 12.2 Å². The first-order chi connectivity index (χ1) is 28.0. The number of aromatic nitrogens is 4. The molecule has 7 rings (SSSR count). The maximum absolute atomic E-state index is 13.8. The van der Waals surface area contributed by atoms with Gasteiger partial charge in [0.2, 0.25) is 11.8 Å². The highest BCUT2D eigenvalue weighted by Gasteiger charge is 2.39. The average Bonchev–Trinajstić information content (AvgIpc) is 4.07. The topological polar surface area (TPSA) is 192 Å². The Morgan fingerprint density at radius 2 is 1.62 bits per heavy atom. The molecule has 0 aliphatic carbocycles. The lowest BCUT2D eigenvalue weighted by atomic mass is 10.0. The number of fused-ring (bicyclic) bond motifs is 1. The Labute approximate surface area is 339 Å². The Morgan fingerprint density at radius 1 is 0.897 bits per heavy atom. The lowest BCUT2D eigenvalue weighted by Gasteiger charge is -2.30. The lowest BCUT2D eigenvalue weighted by Crippen LogP contribution is -2.51. The third kappa shape index (κ3) is 8.54. The molecule has 0 spiro atoms. The van der Waals surface area contributed by atoms with Gasteiger partial charge in [-0.1, -0.05) is 79.8 Å². The highest BCUT2D eigenvalue weighted by Crippen LogP contribution is 2.35. The SMILES string of the molecule is CCOC(=O)N[C@@H](C(=O)N1CCCC1C(=O)Nc1cn2cc(-c3ccc(-c4cnc([C@@H]5CCCN5C(=O)[C@@H](NC(=O)OC)C(C)C)[nH]4)cc3)sc2n1)c1ccccc1. The van der Waals surface area contributed by atoms with Gasteiger partial charge in [0.1, 0.15) is 23.9 Å². The molecular weight excluding hydrogens is 763 g/mol. The Morgan fingerprint density at radius 3 is 2.33 bits per heavy atom. The van der Waals surface area contributed by atoms with E-state index in [1.54, 1.807) is 48.5 Å². The van der Waals surface area contributed by atoms with Gasteiger partial charge in [0.25, 0.3) is 5.91 Å². The molecule has 0 bridgehead atoms. The maximum atomic E-state index is 13.8. The summed E-state index contributed by atoms with van der Waals surface area (Å²) in [6.45, 7) is 6.57. The number of methoxy groups -OCH3 is 1. The van der Waals surface area contributed by atoms with Crippen LogP contribution in [0.5, 0.6) is 0 Å². The van der Waals surface area contributed by atoms with Crippen LogP contribution in [0.25, 0.3) is 26.7 Å². The minimum absolute atomic E-state index is 0.121.